The standard InChI is InChI=1S/C30H30F9N5O/c31-28(32,33)18-1-3-19(4-2-18)42-21-11-13-44(14-12-21)26-16-27(41-17-40-26)45-23-8-5-20(6-9-23)43-22-7-10-24(29(34,35)36)25(15-22)30(37,38)39/h1-4,7,10,15-17,20-21,23,42-43H,5-6,8-9,11-14H2. The number of hydrogen-bond donors (Lipinski definition) is 2. The number of ether oxygens (including phenoxy) is 1. The van der Waals surface area contributed by atoms with E-state index in [9.17, 15) is 39.5 Å². The summed E-state index contributed by atoms with van der Waals surface area (Å²) in [5, 5.41) is 6.21. The van der Waals surface area contributed by atoms with Crippen LogP contribution < -0.4 is 20.3 Å². The number of benzene rings is 2. The van der Waals surface area contributed by atoms with Gasteiger partial charge in [-0.25, -0.2) is 9.97 Å². The molecule has 1 saturated carbocycles. The van der Waals surface area contributed by atoms with Crippen LogP contribution in [0.1, 0.15) is 55.2 Å². The van der Waals surface area contributed by atoms with E-state index in [1.54, 1.807) is 6.07 Å². The second kappa shape index (κ2) is 12.8. The Balaban J connectivity index is 1.10. The minimum atomic E-state index is -5.15. The van der Waals surface area contributed by atoms with Crippen molar-refractivity contribution in [2.45, 2.75) is 75.2 Å². The molecule has 1 aliphatic heterocycles. The van der Waals surface area contributed by atoms with Crippen LogP contribution in [0, 0.1) is 0 Å². The van der Waals surface area contributed by atoms with Gasteiger partial charge in [0.1, 0.15) is 18.2 Å². The SMILES string of the molecule is FC(F)(F)c1ccc(NC2CCN(c3cc(OC4CCC(Nc5ccc(C(F)(F)F)c(C(F)(F)F)c5)CC4)ncn3)CC2)cc1. The predicted molar refractivity (Wildman–Crippen MR) is 149 cm³/mol. The summed E-state index contributed by atoms with van der Waals surface area (Å²) in [5.41, 5.74) is -3.55. The van der Waals surface area contributed by atoms with Gasteiger partial charge in [0, 0.05) is 42.6 Å². The minimum Gasteiger partial charge on any atom is -0.474 e. The third-order valence-electron chi connectivity index (χ3n) is 7.99. The maximum atomic E-state index is 13.3. The Morgan fingerprint density at radius 3 is 1.80 bits per heavy atom. The number of rotatable bonds is 7. The second-order valence-electron chi connectivity index (χ2n) is 11.2. The largest absolute Gasteiger partial charge is 0.474 e. The average molecular weight is 648 g/mol. The molecular weight excluding hydrogens is 617 g/mol. The van der Waals surface area contributed by atoms with Crippen LogP contribution in [0.5, 0.6) is 5.88 Å². The topological polar surface area (TPSA) is 62.3 Å². The van der Waals surface area contributed by atoms with E-state index < -0.39 is 35.2 Å². The van der Waals surface area contributed by atoms with Gasteiger partial charge in [-0.05, 0) is 81.0 Å². The summed E-state index contributed by atoms with van der Waals surface area (Å²) in [7, 11) is 0. The van der Waals surface area contributed by atoms with Gasteiger partial charge in [-0.1, -0.05) is 0 Å². The molecule has 15 heteroatoms. The van der Waals surface area contributed by atoms with Crippen LogP contribution in [0.15, 0.2) is 54.9 Å². The lowest BCUT2D eigenvalue weighted by atomic mass is 9.92. The van der Waals surface area contributed by atoms with Gasteiger partial charge >= 0.3 is 18.5 Å². The molecule has 45 heavy (non-hydrogen) atoms. The van der Waals surface area contributed by atoms with E-state index in [2.05, 4.69) is 25.5 Å². The number of hydrogen-bond acceptors (Lipinski definition) is 6. The van der Waals surface area contributed by atoms with Crippen LogP contribution in [0.4, 0.5) is 56.7 Å². The van der Waals surface area contributed by atoms with Crippen LogP contribution in [-0.2, 0) is 18.5 Å². The van der Waals surface area contributed by atoms with E-state index in [1.165, 1.54) is 18.5 Å². The molecule has 244 valence electrons. The quantitative estimate of drug-likeness (QED) is 0.251. The third kappa shape index (κ3) is 8.42. The van der Waals surface area contributed by atoms with Gasteiger partial charge < -0.3 is 20.3 Å². The molecule has 0 radical (unpaired) electrons. The summed E-state index contributed by atoms with van der Waals surface area (Å²) >= 11 is 0. The maximum Gasteiger partial charge on any atom is 0.417 e. The van der Waals surface area contributed by atoms with Gasteiger partial charge in [0.2, 0.25) is 5.88 Å². The average Bonchev–Trinajstić information content (AvgIpc) is 2.97. The molecule has 1 saturated heterocycles. The first-order chi connectivity index (χ1) is 21.1. The molecule has 5 rings (SSSR count). The Morgan fingerprint density at radius 1 is 0.622 bits per heavy atom. The van der Waals surface area contributed by atoms with Crippen molar-refractivity contribution in [3.8, 4) is 5.88 Å². The highest BCUT2D eigenvalue weighted by Crippen LogP contribution is 2.42. The fourth-order valence-corrected chi connectivity index (χ4v) is 5.66. The summed E-state index contributed by atoms with van der Waals surface area (Å²) < 4.78 is 124. The molecule has 0 unspecified atom stereocenters. The zero-order valence-electron chi connectivity index (χ0n) is 23.7. The van der Waals surface area contributed by atoms with E-state index >= 15 is 0 Å². The van der Waals surface area contributed by atoms with Crippen LogP contribution in [-0.4, -0.2) is 41.2 Å². The number of piperidine rings is 1. The van der Waals surface area contributed by atoms with Crippen LogP contribution >= 0.6 is 0 Å². The molecule has 0 spiro atoms. The maximum absolute atomic E-state index is 13.3. The predicted octanol–water partition coefficient (Wildman–Crippen LogP) is 8.42. The number of nitrogens with zero attached hydrogens (tertiary/aromatic N) is 3. The van der Waals surface area contributed by atoms with E-state index in [0.29, 0.717) is 68.3 Å². The van der Waals surface area contributed by atoms with Gasteiger partial charge in [-0.3, -0.25) is 0 Å². The Hall–Kier alpha value is -3.91. The van der Waals surface area contributed by atoms with E-state index in [0.717, 1.165) is 31.0 Å². The van der Waals surface area contributed by atoms with Crippen LogP contribution in [0.2, 0.25) is 0 Å². The van der Waals surface area contributed by atoms with Gasteiger partial charge in [0.25, 0.3) is 0 Å². The molecular formula is C30H30F9N5O. The Morgan fingerprint density at radius 2 is 1.20 bits per heavy atom. The van der Waals surface area contributed by atoms with Crippen molar-refractivity contribution < 1.29 is 44.3 Å². The first-order valence-corrected chi connectivity index (χ1v) is 14.4. The monoisotopic (exact) mass is 647 g/mol. The summed E-state index contributed by atoms with van der Waals surface area (Å²) in [4.78, 5) is 10.6. The Bertz CT molecular complexity index is 1430. The van der Waals surface area contributed by atoms with Crippen LogP contribution in [0.3, 0.4) is 0 Å². The number of anilines is 3. The summed E-state index contributed by atoms with van der Waals surface area (Å²) in [6.45, 7) is 1.32. The molecule has 1 aromatic heterocycles. The Kier molecular flexibility index (Phi) is 9.26. The molecule has 2 fully saturated rings. The highest BCUT2D eigenvalue weighted by atomic mass is 19.4. The van der Waals surface area contributed by atoms with E-state index in [1.807, 2.05) is 0 Å². The van der Waals surface area contributed by atoms with Crippen molar-refractivity contribution in [1.29, 1.82) is 0 Å². The fourth-order valence-electron chi connectivity index (χ4n) is 5.66. The molecule has 0 atom stereocenters. The number of aromatic nitrogens is 2. The summed E-state index contributed by atoms with van der Waals surface area (Å²) in [6.07, 6.45) is -9.80. The molecule has 2 heterocycles. The first kappa shape index (κ1) is 32.5. The van der Waals surface area contributed by atoms with Crippen molar-refractivity contribution in [1.82, 2.24) is 9.97 Å². The summed E-state index contributed by atoms with van der Waals surface area (Å²) in [5.74, 6) is 1.05. The van der Waals surface area contributed by atoms with Crippen molar-refractivity contribution in [3.05, 3.63) is 71.5 Å². The number of nitrogens with one attached hydrogen (secondary N) is 2. The lowest BCUT2D eigenvalue weighted by molar-refractivity contribution is -0.162. The van der Waals surface area contributed by atoms with Gasteiger partial charge in [-0.2, -0.15) is 39.5 Å². The molecule has 3 aromatic rings. The van der Waals surface area contributed by atoms with Gasteiger partial charge in [0.15, 0.2) is 0 Å². The molecule has 2 aliphatic rings. The zero-order valence-corrected chi connectivity index (χ0v) is 23.7. The second-order valence-corrected chi connectivity index (χ2v) is 11.2. The molecule has 0 amide bonds. The van der Waals surface area contributed by atoms with Crippen molar-refractivity contribution in [3.63, 3.8) is 0 Å². The minimum absolute atomic E-state index is 0.0292. The third-order valence-corrected chi connectivity index (χ3v) is 7.99. The number of halogens is 9. The highest BCUT2D eigenvalue weighted by molar-refractivity contribution is 5.51. The Labute approximate surface area is 253 Å². The molecule has 0 bridgehead atoms. The zero-order chi connectivity index (χ0) is 32.4. The molecule has 2 aromatic carbocycles. The van der Waals surface area contributed by atoms with Crippen molar-refractivity contribution in [2.24, 2.45) is 0 Å². The molecule has 1 aliphatic carbocycles. The molecule has 6 nitrogen and oxygen atoms in total. The normalized spacial score (nSPS) is 20.2. The molecule has 2 N–H and O–H groups in total. The van der Waals surface area contributed by atoms with Crippen molar-refractivity contribution in [2.75, 3.05) is 28.6 Å². The lowest BCUT2D eigenvalue weighted by Crippen LogP contribution is -2.39. The fraction of sp³-hybridized carbons (Fsp3) is 0.467. The number of alkyl halides is 9. The lowest BCUT2D eigenvalue weighted by Gasteiger charge is -2.34. The van der Waals surface area contributed by atoms with Gasteiger partial charge in [-0.15, -0.1) is 0 Å². The van der Waals surface area contributed by atoms with Crippen molar-refractivity contribution >= 4 is 17.2 Å². The van der Waals surface area contributed by atoms with E-state index in [-0.39, 0.29) is 23.9 Å². The first-order valence-electron chi connectivity index (χ1n) is 14.4. The highest BCUT2D eigenvalue weighted by Gasteiger charge is 2.43. The summed E-state index contributed by atoms with van der Waals surface area (Å²) in [6, 6.07) is 8.49. The van der Waals surface area contributed by atoms with E-state index in [4.69, 9.17) is 4.74 Å². The smallest absolute Gasteiger partial charge is 0.417 e. The van der Waals surface area contributed by atoms with Crippen LogP contribution in [0.25, 0.3) is 0 Å². The van der Waals surface area contributed by atoms with Gasteiger partial charge in [0.05, 0.1) is 16.7 Å².